The van der Waals surface area contributed by atoms with Crippen molar-refractivity contribution in [2.75, 3.05) is 47.5 Å². The Balaban J connectivity index is 4.20. The third-order valence-electron chi connectivity index (χ3n) is 14.3. The lowest BCUT2D eigenvalue weighted by Crippen LogP contribution is -2.44. The summed E-state index contributed by atoms with van der Waals surface area (Å²) in [4.78, 5) is 37.4. The first kappa shape index (κ1) is 77.2. The summed E-state index contributed by atoms with van der Waals surface area (Å²) in [6.45, 7) is 4.64. The van der Waals surface area contributed by atoms with E-state index in [-0.39, 0.29) is 38.6 Å². The van der Waals surface area contributed by atoms with Crippen LogP contribution in [0.4, 0.5) is 0 Å². The third-order valence-corrected chi connectivity index (χ3v) is 14.3. The number of nitrogens with zero attached hydrogens (tertiary/aromatic N) is 1. The fourth-order valence-electron chi connectivity index (χ4n) is 9.22. The molecule has 0 amide bonds. The number of quaternary nitrogens is 1. The van der Waals surface area contributed by atoms with Gasteiger partial charge in [-0.2, -0.15) is 0 Å². The highest BCUT2D eigenvalue weighted by molar-refractivity contribution is 5.70. The van der Waals surface area contributed by atoms with Crippen LogP contribution in [0.25, 0.3) is 0 Å². The molecule has 0 heterocycles. The van der Waals surface area contributed by atoms with E-state index in [9.17, 15) is 19.5 Å². The Morgan fingerprint density at radius 1 is 0.383 bits per heavy atom. The number of carboxylic acids is 1. The average molecular weight is 1130 g/mol. The Kier molecular flexibility index (Phi) is 59.3. The fourth-order valence-corrected chi connectivity index (χ4v) is 9.22. The lowest BCUT2D eigenvalue weighted by Gasteiger charge is -2.26. The molecule has 0 bridgehead atoms. The van der Waals surface area contributed by atoms with Crippen LogP contribution in [0.15, 0.2) is 97.2 Å². The molecule has 9 nitrogen and oxygen atoms in total. The van der Waals surface area contributed by atoms with Gasteiger partial charge in [0, 0.05) is 12.8 Å². The van der Waals surface area contributed by atoms with Crippen LogP contribution >= 0.6 is 0 Å². The van der Waals surface area contributed by atoms with Crippen LogP contribution in [-0.2, 0) is 33.3 Å². The Labute approximate surface area is 499 Å². The fraction of sp³-hybridized carbons (Fsp3) is 0.736. The zero-order valence-corrected chi connectivity index (χ0v) is 53.1. The second-order valence-electron chi connectivity index (χ2n) is 23.4. The first-order chi connectivity index (χ1) is 39.6. The largest absolute Gasteiger partial charge is 0.545 e. The average Bonchev–Trinajstić information content (AvgIpc) is 3.44. The summed E-state index contributed by atoms with van der Waals surface area (Å²) in [6.07, 6.45) is 81.9. The molecule has 0 aromatic carbocycles. The molecular weight excluding hydrogens is 1010 g/mol. The summed E-state index contributed by atoms with van der Waals surface area (Å²) < 4.78 is 22.8. The molecule has 0 N–H and O–H groups in total. The van der Waals surface area contributed by atoms with Crippen LogP contribution in [0.2, 0.25) is 0 Å². The van der Waals surface area contributed by atoms with E-state index in [0.29, 0.717) is 17.4 Å². The number of rotatable bonds is 61. The number of aliphatic carboxylic acids is 1. The number of carbonyl (C=O) groups is 3. The molecule has 2 unspecified atom stereocenters. The normalized spacial score (nSPS) is 13.3. The number of allylic oxidation sites excluding steroid dienone is 16. The van der Waals surface area contributed by atoms with Crippen molar-refractivity contribution in [3.63, 3.8) is 0 Å². The maximum absolute atomic E-state index is 12.9. The van der Waals surface area contributed by atoms with Crippen molar-refractivity contribution in [1.82, 2.24) is 0 Å². The second-order valence-corrected chi connectivity index (χ2v) is 23.4. The topological polar surface area (TPSA) is 111 Å². The Morgan fingerprint density at radius 2 is 0.704 bits per heavy atom. The SMILES string of the molecule is CC/C=C\C/C=C\C/C=C\C/C=C\C/C=C\C/C=C\C/C=C\CCCCCCCCCC(=O)OC(COC(=O)CCCCCCCCCCCCCCCCC/C=C\CCCCCCCCCC)COC(OCC[N+](C)(C)C)C(=O)[O-]. The van der Waals surface area contributed by atoms with Gasteiger partial charge >= 0.3 is 11.9 Å². The first-order valence-corrected chi connectivity index (χ1v) is 33.4. The zero-order chi connectivity index (χ0) is 59.1. The summed E-state index contributed by atoms with van der Waals surface area (Å²) in [7, 11) is 5.92. The van der Waals surface area contributed by atoms with Gasteiger partial charge in [0.25, 0.3) is 0 Å². The quantitative estimate of drug-likeness (QED) is 0.0195. The Bertz CT molecular complexity index is 1650. The lowest BCUT2D eigenvalue weighted by molar-refractivity contribution is -0.870. The van der Waals surface area contributed by atoms with Gasteiger partial charge in [-0.1, -0.05) is 272 Å². The van der Waals surface area contributed by atoms with Gasteiger partial charge in [0.15, 0.2) is 12.4 Å². The van der Waals surface area contributed by atoms with Gasteiger partial charge in [-0.05, 0) is 96.3 Å². The van der Waals surface area contributed by atoms with Crippen molar-refractivity contribution in [3.8, 4) is 0 Å². The highest BCUT2D eigenvalue weighted by Gasteiger charge is 2.22. The standard InChI is InChI=1S/C72H125NO8/c1-6-8-10-12-14-16-18-20-22-24-26-28-30-32-34-35-37-39-41-43-45-47-49-51-53-55-57-59-61-63-70(75)81-68(67-80-72(71(76)77)78-65-64-73(3,4)5)66-79-69(74)62-60-58-56-54-52-50-48-46-44-42-40-38-36-33-31-29-27-25-23-21-19-17-15-13-11-9-7-2/h8,10,14,16,20,22,25-28,32,34,37,39,43,45,68,72H,6-7,9,11-13,15,17-19,21,23-24,29-31,33,35-36,38,40-42,44,46-67H2,1-5H3/b10-8-,16-14-,22-20-,27-25-,28-26-,34-32-,39-37-,45-43-. The van der Waals surface area contributed by atoms with Gasteiger partial charge in [-0.25, -0.2) is 0 Å². The minimum absolute atomic E-state index is 0.142. The van der Waals surface area contributed by atoms with Gasteiger partial charge < -0.3 is 33.3 Å². The lowest BCUT2D eigenvalue weighted by atomic mass is 10.0. The van der Waals surface area contributed by atoms with Gasteiger partial charge in [0.1, 0.15) is 13.2 Å². The number of unbranched alkanes of at least 4 members (excludes halogenated alkanes) is 30. The van der Waals surface area contributed by atoms with Gasteiger partial charge in [-0.3, -0.25) is 9.59 Å². The number of ether oxygens (including phenoxy) is 4. The molecule has 0 aliphatic rings. The molecule has 0 aliphatic heterocycles. The first-order valence-electron chi connectivity index (χ1n) is 33.4. The molecular formula is C72H125NO8. The number of hydrogen-bond donors (Lipinski definition) is 0. The molecule has 2 atom stereocenters. The Morgan fingerprint density at radius 3 is 1.06 bits per heavy atom. The third kappa shape index (κ3) is 63.6. The highest BCUT2D eigenvalue weighted by Crippen LogP contribution is 2.17. The highest BCUT2D eigenvalue weighted by atomic mass is 16.7. The molecule has 0 aliphatic carbocycles. The molecule has 466 valence electrons. The summed E-state index contributed by atoms with van der Waals surface area (Å²) in [5, 5.41) is 11.8. The van der Waals surface area contributed by atoms with Gasteiger partial charge in [0.2, 0.25) is 0 Å². The van der Waals surface area contributed by atoms with E-state index in [1.54, 1.807) is 0 Å². The second kappa shape index (κ2) is 62.3. The van der Waals surface area contributed by atoms with E-state index in [1.165, 1.54) is 161 Å². The molecule has 9 heteroatoms. The van der Waals surface area contributed by atoms with Crippen molar-refractivity contribution in [2.24, 2.45) is 0 Å². The van der Waals surface area contributed by atoms with Gasteiger partial charge in [0.05, 0.1) is 40.3 Å². The van der Waals surface area contributed by atoms with Crippen molar-refractivity contribution >= 4 is 17.9 Å². The van der Waals surface area contributed by atoms with Gasteiger partial charge in [-0.15, -0.1) is 0 Å². The molecule has 0 spiro atoms. The summed E-state index contributed by atoms with van der Waals surface area (Å²) in [5.41, 5.74) is 0. The van der Waals surface area contributed by atoms with E-state index < -0.39 is 24.3 Å². The van der Waals surface area contributed by atoms with Crippen LogP contribution in [0.3, 0.4) is 0 Å². The van der Waals surface area contributed by atoms with E-state index in [0.717, 1.165) is 89.9 Å². The maximum atomic E-state index is 12.9. The molecule has 0 saturated carbocycles. The van der Waals surface area contributed by atoms with E-state index >= 15 is 0 Å². The molecule has 0 fully saturated rings. The number of esters is 2. The monoisotopic (exact) mass is 1130 g/mol. The predicted molar refractivity (Wildman–Crippen MR) is 343 cm³/mol. The van der Waals surface area contributed by atoms with Crippen molar-refractivity contribution in [1.29, 1.82) is 0 Å². The zero-order valence-electron chi connectivity index (χ0n) is 53.1. The summed E-state index contributed by atoms with van der Waals surface area (Å²) in [6, 6.07) is 0. The van der Waals surface area contributed by atoms with E-state index in [2.05, 4.69) is 111 Å². The number of carbonyl (C=O) groups excluding carboxylic acids is 3. The Hall–Kier alpha value is -3.79. The van der Waals surface area contributed by atoms with Crippen LogP contribution in [0, 0.1) is 0 Å². The van der Waals surface area contributed by atoms with Crippen LogP contribution in [-0.4, -0.2) is 82.3 Å². The van der Waals surface area contributed by atoms with E-state index in [1.807, 2.05) is 21.1 Å². The molecule has 81 heavy (non-hydrogen) atoms. The maximum Gasteiger partial charge on any atom is 0.306 e. The molecule has 0 radical (unpaired) electrons. The van der Waals surface area contributed by atoms with Crippen molar-refractivity contribution < 1.29 is 42.9 Å². The summed E-state index contributed by atoms with van der Waals surface area (Å²) in [5.74, 6) is -2.29. The smallest absolute Gasteiger partial charge is 0.306 e. The van der Waals surface area contributed by atoms with Crippen LogP contribution < -0.4 is 5.11 Å². The van der Waals surface area contributed by atoms with Crippen molar-refractivity contribution in [2.45, 2.75) is 296 Å². The summed E-state index contributed by atoms with van der Waals surface area (Å²) >= 11 is 0. The minimum atomic E-state index is -1.63. The molecule has 0 aromatic heterocycles. The van der Waals surface area contributed by atoms with Crippen LogP contribution in [0.1, 0.15) is 284 Å². The van der Waals surface area contributed by atoms with Crippen molar-refractivity contribution in [3.05, 3.63) is 97.2 Å². The predicted octanol–water partition coefficient (Wildman–Crippen LogP) is 19.1. The molecule has 0 saturated heterocycles. The molecule has 0 rings (SSSR count). The van der Waals surface area contributed by atoms with Crippen LogP contribution in [0.5, 0.6) is 0 Å². The number of carboxylic acid groups (broad SMARTS) is 1. The minimum Gasteiger partial charge on any atom is -0.545 e. The number of hydrogen-bond acceptors (Lipinski definition) is 8. The van der Waals surface area contributed by atoms with E-state index in [4.69, 9.17) is 18.9 Å². The molecule has 0 aromatic rings. The number of likely N-dealkylation sites (N-methyl/N-ethyl adjacent to an activating group) is 1.